The van der Waals surface area contributed by atoms with Crippen molar-refractivity contribution in [2.45, 2.75) is 12.5 Å². The van der Waals surface area contributed by atoms with Gasteiger partial charge in [-0.1, -0.05) is 12.1 Å². The highest BCUT2D eigenvalue weighted by molar-refractivity contribution is 6.16. The lowest BCUT2D eigenvalue weighted by Gasteiger charge is -2.29. The molecule has 2 aromatic heterocycles. The van der Waals surface area contributed by atoms with E-state index >= 15 is 0 Å². The van der Waals surface area contributed by atoms with Gasteiger partial charge in [0.05, 0.1) is 31.9 Å². The summed E-state index contributed by atoms with van der Waals surface area (Å²) >= 11 is 0. The van der Waals surface area contributed by atoms with Crippen molar-refractivity contribution in [2.24, 2.45) is 0 Å². The van der Waals surface area contributed by atoms with E-state index < -0.39 is 23.5 Å². The molecule has 0 radical (unpaired) electrons. The highest BCUT2D eigenvalue weighted by Crippen LogP contribution is 2.40. The second-order valence-electron chi connectivity index (χ2n) is 8.57. The summed E-state index contributed by atoms with van der Waals surface area (Å²) in [5, 5.41) is 11.6. The molecule has 1 saturated heterocycles. The maximum Gasteiger partial charge on any atom is 0.290 e. The Labute approximate surface area is 202 Å². The van der Waals surface area contributed by atoms with E-state index in [0.717, 1.165) is 19.6 Å². The number of Topliss-reactive ketones (excluding diaryl/α,β-unsaturated/α-hetero) is 1. The molecule has 9 heteroatoms. The maximum atomic E-state index is 13.7. The van der Waals surface area contributed by atoms with Crippen LogP contribution in [-0.4, -0.2) is 78.1 Å². The van der Waals surface area contributed by atoms with Crippen molar-refractivity contribution in [1.82, 2.24) is 14.8 Å². The second kappa shape index (κ2) is 9.89. The van der Waals surface area contributed by atoms with Crippen LogP contribution in [0.4, 0.5) is 0 Å². The second-order valence-corrected chi connectivity index (χ2v) is 8.57. The van der Waals surface area contributed by atoms with Crippen LogP contribution >= 0.6 is 0 Å². The Morgan fingerprint density at radius 3 is 2.69 bits per heavy atom. The summed E-state index contributed by atoms with van der Waals surface area (Å²) in [6, 6.07) is 9.72. The van der Waals surface area contributed by atoms with Crippen LogP contribution in [0.25, 0.3) is 11.0 Å². The number of benzene rings is 1. The van der Waals surface area contributed by atoms with E-state index in [0.29, 0.717) is 48.5 Å². The van der Waals surface area contributed by atoms with Crippen LogP contribution < -0.4 is 4.74 Å². The summed E-state index contributed by atoms with van der Waals surface area (Å²) in [6.07, 6.45) is 3.91. The number of aliphatic hydroxyl groups is 1. The highest BCUT2D eigenvalue weighted by Gasteiger charge is 2.44. The van der Waals surface area contributed by atoms with Crippen molar-refractivity contribution in [1.29, 1.82) is 0 Å². The first-order valence-corrected chi connectivity index (χ1v) is 11.6. The standard InChI is InChI=1S/C26H27N3O6/c1-33-19-5-2-4-18-16-20(35-25(18)19)23(30)21-22(17-6-8-27-9-7-17)29(26(32)24(21)31)11-3-10-28-12-14-34-15-13-28/h2,4-9,16,22,31H,3,10-15H2,1H3/t22-/m0/s1. The quantitative estimate of drug-likeness (QED) is 0.494. The third kappa shape index (κ3) is 4.40. The maximum absolute atomic E-state index is 13.7. The number of ether oxygens (including phenoxy) is 2. The van der Waals surface area contributed by atoms with Gasteiger partial charge < -0.3 is 23.9 Å². The molecule has 2 aliphatic heterocycles. The average molecular weight is 478 g/mol. The van der Waals surface area contributed by atoms with E-state index in [-0.39, 0.29) is 11.3 Å². The molecule has 0 saturated carbocycles. The molecule has 1 N–H and O–H groups in total. The van der Waals surface area contributed by atoms with E-state index in [1.807, 2.05) is 6.07 Å². The molecule has 2 aliphatic rings. The fourth-order valence-electron chi connectivity index (χ4n) is 4.74. The molecular weight excluding hydrogens is 450 g/mol. The highest BCUT2D eigenvalue weighted by atomic mass is 16.5. The molecule has 182 valence electrons. The number of nitrogens with zero attached hydrogens (tertiary/aromatic N) is 3. The van der Waals surface area contributed by atoms with E-state index in [9.17, 15) is 14.7 Å². The Kier molecular flexibility index (Phi) is 6.52. The molecular formula is C26H27N3O6. The number of amides is 1. The van der Waals surface area contributed by atoms with Crippen LogP contribution in [0.1, 0.15) is 28.6 Å². The molecule has 5 rings (SSSR count). The van der Waals surface area contributed by atoms with Crippen molar-refractivity contribution < 1.29 is 28.6 Å². The van der Waals surface area contributed by atoms with Gasteiger partial charge in [-0.05, 0) is 36.2 Å². The average Bonchev–Trinajstić information content (AvgIpc) is 3.44. The number of aromatic nitrogens is 1. The number of methoxy groups -OCH3 is 1. The number of furan rings is 1. The van der Waals surface area contributed by atoms with Crippen molar-refractivity contribution in [3.05, 3.63) is 71.4 Å². The van der Waals surface area contributed by atoms with Crippen molar-refractivity contribution in [3.8, 4) is 5.75 Å². The number of hydrogen-bond donors (Lipinski definition) is 1. The lowest BCUT2D eigenvalue weighted by molar-refractivity contribution is -0.129. The van der Waals surface area contributed by atoms with Crippen molar-refractivity contribution >= 4 is 22.7 Å². The zero-order chi connectivity index (χ0) is 24.4. The molecule has 0 aliphatic carbocycles. The number of rotatable bonds is 8. The van der Waals surface area contributed by atoms with Crippen LogP contribution in [-0.2, 0) is 9.53 Å². The fraction of sp³-hybridized carbons (Fsp3) is 0.346. The lowest BCUT2D eigenvalue weighted by atomic mass is 9.95. The summed E-state index contributed by atoms with van der Waals surface area (Å²) < 4.78 is 16.6. The Morgan fingerprint density at radius 1 is 1.17 bits per heavy atom. The number of hydrogen-bond acceptors (Lipinski definition) is 8. The Hall–Kier alpha value is -3.69. The summed E-state index contributed by atoms with van der Waals surface area (Å²) in [7, 11) is 1.52. The molecule has 1 atom stereocenters. The van der Waals surface area contributed by atoms with Gasteiger partial charge in [0.1, 0.15) is 0 Å². The summed E-state index contributed by atoms with van der Waals surface area (Å²) in [4.78, 5) is 34.7. The molecule has 1 fully saturated rings. The van der Waals surface area contributed by atoms with E-state index in [4.69, 9.17) is 13.9 Å². The molecule has 1 amide bonds. The predicted molar refractivity (Wildman–Crippen MR) is 127 cm³/mol. The zero-order valence-corrected chi connectivity index (χ0v) is 19.5. The molecule has 9 nitrogen and oxygen atoms in total. The van der Waals surface area contributed by atoms with Gasteiger partial charge in [-0.2, -0.15) is 0 Å². The summed E-state index contributed by atoms with van der Waals surface area (Å²) in [5.74, 6) is -1.11. The number of pyridine rings is 1. The molecule has 35 heavy (non-hydrogen) atoms. The summed E-state index contributed by atoms with van der Waals surface area (Å²) in [5.41, 5.74) is 1.14. The third-order valence-electron chi connectivity index (χ3n) is 6.50. The Bertz CT molecular complexity index is 1260. The molecule has 0 spiro atoms. The number of ketones is 1. The topological polar surface area (TPSA) is 105 Å². The first-order valence-electron chi connectivity index (χ1n) is 11.6. The number of carbonyl (C=O) groups excluding carboxylic acids is 2. The van der Waals surface area contributed by atoms with Gasteiger partial charge in [-0.15, -0.1) is 0 Å². The number of aliphatic hydroxyl groups excluding tert-OH is 1. The first-order chi connectivity index (χ1) is 17.1. The van der Waals surface area contributed by atoms with Gasteiger partial charge in [0.25, 0.3) is 5.91 Å². The van der Waals surface area contributed by atoms with E-state index in [1.165, 1.54) is 7.11 Å². The molecule has 4 heterocycles. The predicted octanol–water partition coefficient (Wildman–Crippen LogP) is 3.14. The lowest BCUT2D eigenvalue weighted by Crippen LogP contribution is -2.39. The minimum atomic E-state index is -0.738. The van der Waals surface area contributed by atoms with Crippen LogP contribution in [0, 0.1) is 0 Å². The number of para-hydroxylation sites is 1. The Balaban J connectivity index is 1.45. The number of carbonyl (C=O) groups is 2. The number of morpholine rings is 1. The SMILES string of the molecule is COc1cccc2cc(C(=O)C3=C(O)C(=O)N(CCCN4CCOCC4)[C@H]3c3ccncc3)oc12. The van der Waals surface area contributed by atoms with Gasteiger partial charge in [0.15, 0.2) is 22.9 Å². The van der Waals surface area contributed by atoms with Gasteiger partial charge >= 0.3 is 0 Å². The van der Waals surface area contributed by atoms with Gasteiger partial charge in [-0.3, -0.25) is 19.5 Å². The minimum Gasteiger partial charge on any atom is -0.503 e. The van der Waals surface area contributed by atoms with Crippen LogP contribution in [0.3, 0.4) is 0 Å². The first kappa shape index (κ1) is 23.1. The minimum absolute atomic E-state index is 0.00518. The van der Waals surface area contributed by atoms with Gasteiger partial charge in [0, 0.05) is 44.0 Å². The monoisotopic (exact) mass is 477 g/mol. The largest absolute Gasteiger partial charge is 0.503 e. The molecule has 1 aromatic carbocycles. The van der Waals surface area contributed by atoms with Crippen LogP contribution in [0.5, 0.6) is 5.75 Å². The van der Waals surface area contributed by atoms with Crippen molar-refractivity contribution in [2.75, 3.05) is 46.5 Å². The smallest absolute Gasteiger partial charge is 0.290 e. The summed E-state index contributed by atoms with van der Waals surface area (Å²) in [6.45, 7) is 4.29. The van der Waals surface area contributed by atoms with Gasteiger partial charge in [-0.25, -0.2) is 0 Å². The normalized spacial score (nSPS) is 19.1. The van der Waals surface area contributed by atoms with Crippen LogP contribution in [0.15, 0.2) is 64.5 Å². The third-order valence-corrected chi connectivity index (χ3v) is 6.50. The van der Waals surface area contributed by atoms with Gasteiger partial charge in [0.2, 0.25) is 5.78 Å². The molecule has 0 unspecified atom stereocenters. The van der Waals surface area contributed by atoms with E-state index in [1.54, 1.807) is 47.6 Å². The molecule has 0 bridgehead atoms. The number of fused-ring (bicyclic) bond motifs is 1. The Morgan fingerprint density at radius 2 is 1.94 bits per heavy atom. The molecule has 3 aromatic rings. The fourth-order valence-corrected chi connectivity index (χ4v) is 4.74. The van der Waals surface area contributed by atoms with E-state index in [2.05, 4.69) is 9.88 Å². The zero-order valence-electron chi connectivity index (χ0n) is 19.5. The van der Waals surface area contributed by atoms with Crippen molar-refractivity contribution in [3.63, 3.8) is 0 Å². The van der Waals surface area contributed by atoms with Crippen LogP contribution in [0.2, 0.25) is 0 Å².